The minimum Gasteiger partial charge on any atom is -0.125 e. The summed E-state index contributed by atoms with van der Waals surface area (Å²) in [7, 11) is 0. The van der Waals surface area contributed by atoms with Gasteiger partial charge in [0, 0.05) is 5.92 Å². The maximum Gasteiger partial charge on any atom is 0.00590 e. The van der Waals surface area contributed by atoms with E-state index >= 15 is 0 Å². The first-order valence-electron chi connectivity index (χ1n) is 3.08. The lowest BCUT2D eigenvalue weighted by Crippen LogP contribution is -2.13. The van der Waals surface area contributed by atoms with E-state index in [1.807, 2.05) is 6.08 Å². The Kier molecular flexibility index (Phi) is 0.712. The van der Waals surface area contributed by atoms with Gasteiger partial charge in [0.2, 0.25) is 0 Å². The van der Waals surface area contributed by atoms with Crippen LogP contribution in [0.1, 0.15) is 12.8 Å². The molecule has 1 saturated carbocycles. The summed E-state index contributed by atoms with van der Waals surface area (Å²) in [6.07, 6.45) is 9.03. The third kappa shape index (κ3) is 0.410. The summed E-state index contributed by atoms with van der Waals surface area (Å²) in [4.78, 5) is 0. The molecule has 0 radical (unpaired) electrons. The van der Waals surface area contributed by atoms with Crippen LogP contribution >= 0.6 is 0 Å². The van der Waals surface area contributed by atoms with Gasteiger partial charge in [-0.15, -0.1) is 5.73 Å². The van der Waals surface area contributed by atoms with E-state index in [9.17, 15) is 0 Å². The summed E-state index contributed by atoms with van der Waals surface area (Å²) >= 11 is 0. The van der Waals surface area contributed by atoms with Crippen LogP contribution in [0.4, 0.5) is 0 Å². The van der Waals surface area contributed by atoms with E-state index in [2.05, 4.69) is 17.9 Å². The monoisotopic (exact) mass is 104 g/mol. The molecule has 0 bridgehead atoms. The first kappa shape index (κ1) is 4.17. The zero-order chi connectivity index (χ0) is 5.40. The van der Waals surface area contributed by atoms with Crippen LogP contribution in [0.2, 0.25) is 0 Å². The smallest absolute Gasteiger partial charge is 0.00590 e. The highest BCUT2D eigenvalue weighted by atomic mass is 14.2. The van der Waals surface area contributed by atoms with Crippen molar-refractivity contribution in [2.75, 3.05) is 0 Å². The zero-order valence-electron chi connectivity index (χ0n) is 4.72. The zero-order valence-corrected chi connectivity index (χ0v) is 4.72. The number of fused-ring (bicyclic) bond motifs is 1. The van der Waals surface area contributed by atoms with E-state index in [-0.39, 0.29) is 0 Å². The second-order valence-corrected chi connectivity index (χ2v) is 2.39. The molecule has 1 atom stereocenters. The summed E-state index contributed by atoms with van der Waals surface area (Å²) in [5.74, 6) is 0.778. The lowest BCUT2D eigenvalue weighted by molar-refractivity contribution is 0.531. The number of hydrogen-bond acceptors (Lipinski definition) is 0. The Morgan fingerprint density at radius 1 is 1.62 bits per heavy atom. The number of rotatable bonds is 0. The molecule has 2 rings (SSSR count). The van der Waals surface area contributed by atoms with Crippen LogP contribution in [0, 0.1) is 5.92 Å². The van der Waals surface area contributed by atoms with Gasteiger partial charge in [-0.1, -0.05) is 11.6 Å². The Morgan fingerprint density at radius 3 is 3.00 bits per heavy atom. The SMILES string of the molecule is C1=CC=C2CCC2C=1. The maximum atomic E-state index is 3.09. The second-order valence-electron chi connectivity index (χ2n) is 2.39. The summed E-state index contributed by atoms with van der Waals surface area (Å²) in [5, 5.41) is 0. The molecule has 0 spiro atoms. The summed E-state index contributed by atoms with van der Waals surface area (Å²) in [6.45, 7) is 0. The normalized spacial score (nSPS) is 31.0. The van der Waals surface area contributed by atoms with Crippen LogP contribution in [0.3, 0.4) is 0 Å². The minimum absolute atomic E-state index is 0.778. The number of hydrogen-bond donors (Lipinski definition) is 0. The molecule has 0 heterocycles. The van der Waals surface area contributed by atoms with Crippen molar-refractivity contribution in [3.63, 3.8) is 0 Å². The van der Waals surface area contributed by atoms with Gasteiger partial charge in [0.1, 0.15) is 0 Å². The fraction of sp³-hybridized carbons (Fsp3) is 0.375. The predicted octanol–water partition coefficient (Wildman–Crippen LogP) is 2.05. The van der Waals surface area contributed by atoms with Gasteiger partial charge in [-0.25, -0.2) is 0 Å². The van der Waals surface area contributed by atoms with Gasteiger partial charge in [-0.3, -0.25) is 0 Å². The molecule has 2 aliphatic carbocycles. The number of allylic oxidation sites excluding steroid dienone is 3. The quantitative estimate of drug-likeness (QED) is 0.412. The van der Waals surface area contributed by atoms with Gasteiger partial charge in [0.15, 0.2) is 0 Å². The molecule has 8 heavy (non-hydrogen) atoms. The van der Waals surface area contributed by atoms with Crippen molar-refractivity contribution in [1.29, 1.82) is 0 Å². The van der Waals surface area contributed by atoms with Gasteiger partial charge < -0.3 is 0 Å². The molecule has 0 aliphatic heterocycles. The van der Waals surface area contributed by atoms with E-state index in [0.29, 0.717) is 0 Å². The average Bonchev–Trinajstić information content (AvgIpc) is 1.72. The van der Waals surface area contributed by atoms with Crippen LogP contribution in [0.5, 0.6) is 0 Å². The molecule has 2 aliphatic rings. The molecular formula is C8H8. The van der Waals surface area contributed by atoms with Crippen molar-refractivity contribution in [2.24, 2.45) is 5.92 Å². The van der Waals surface area contributed by atoms with Gasteiger partial charge in [0.05, 0.1) is 0 Å². The Balaban J connectivity index is 2.39. The van der Waals surface area contributed by atoms with Crippen molar-refractivity contribution >= 4 is 0 Å². The molecule has 0 N–H and O–H groups in total. The highest BCUT2D eigenvalue weighted by Gasteiger charge is 2.21. The molecule has 40 valence electrons. The molecule has 0 saturated heterocycles. The van der Waals surface area contributed by atoms with Crippen LogP contribution in [-0.2, 0) is 0 Å². The van der Waals surface area contributed by atoms with Crippen molar-refractivity contribution in [3.05, 3.63) is 29.5 Å². The van der Waals surface area contributed by atoms with Crippen LogP contribution in [0.25, 0.3) is 0 Å². The van der Waals surface area contributed by atoms with E-state index in [1.54, 1.807) is 5.57 Å². The largest absolute Gasteiger partial charge is 0.125 e. The van der Waals surface area contributed by atoms with Gasteiger partial charge in [-0.05, 0) is 25.0 Å². The molecule has 1 unspecified atom stereocenters. The van der Waals surface area contributed by atoms with Crippen molar-refractivity contribution in [2.45, 2.75) is 12.8 Å². The molecule has 0 aromatic carbocycles. The molecule has 0 aromatic rings. The summed E-state index contributed by atoms with van der Waals surface area (Å²) < 4.78 is 0. The fourth-order valence-corrected chi connectivity index (χ4v) is 1.20. The Bertz CT molecular complexity index is 190. The molecule has 0 amide bonds. The van der Waals surface area contributed by atoms with Crippen LogP contribution < -0.4 is 0 Å². The molecule has 0 aromatic heterocycles. The molecule has 0 heteroatoms. The first-order valence-corrected chi connectivity index (χ1v) is 3.08. The third-order valence-corrected chi connectivity index (χ3v) is 1.91. The van der Waals surface area contributed by atoms with Crippen LogP contribution in [-0.4, -0.2) is 0 Å². The third-order valence-electron chi connectivity index (χ3n) is 1.91. The highest BCUT2D eigenvalue weighted by Crippen LogP contribution is 2.35. The highest BCUT2D eigenvalue weighted by molar-refractivity contribution is 5.29. The van der Waals surface area contributed by atoms with Gasteiger partial charge in [0.25, 0.3) is 0 Å². The average molecular weight is 104 g/mol. The predicted molar refractivity (Wildman–Crippen MR) is 33.5 cm³/mol. The van der Waals surface area contributed by atoms with E-state index in [4.69, 9.17) is 0 Å². The summed E-state index contributed by atoms with van der Waals surface area (Å²) in [5.41, 5.74) is 4.69. The Morgan fingerprint density at radius 2 is 2.62 bits per heavy atom. The lowest BCUT2D eigenvalue weighted by Gasteiger charge is -2.27. The molecule has 0 nitrogen and oxygen atoms in total. The summed E-state index contributed by atoms with van der Waals surface area (Å²) in [6, 6.07) is 0. The fourth-order valence-electron chi connectivity index (χ4n) is 1.20. The van der Waals surface area contributed by atoms with E-state index in [1.165, 1.54) is 12.8 Å². The molecular weight excluding hydrogens is 96.1 g/mol. The first-order chi connectivity index (χ1) is 3.97. The van der Waals surface area contributed by atoms with E-state index < -0.39 is 0 Å². The van der Waals surface area contributed by atoms with Crippen molar-refractivity contribution in [1.82, 2.24) is 0 Å². The Hall–Kier alpha value is -0.740. The van der Waals surface area contributed by atoms with Crippen molar-refractivity contribution in [3.8, 4) is 0 Å². The van der Waals surface area contributed by atoms with Gasteiger partial charge in [-0.2, -0.15) is 0 Å². The van der Waals surface area contributed by atoms with Crippen LogP contribution in [0.15, 0.2) is 29.5 Å². The van der Waals surface area contributed by atoms with E-state index in [0.717, 1.165) is 5.92 Å². The van der Waals surface area contributed by atoms with Crippen molar-refractivity contribution < 1.29 is 0 Å². The topological polar surface area (TPSA) is 0 Å². The molecule has 1 fully saturated rings. The van der Waals surface area contributed by atoms with Gasteiger partial charge >= 0.3 is 0 Å². The minimum atomic E-state index is 0.778. The lowest BCUT2D eigenvalue weighted by atomic mass is 9.78. The standard InChI is InChI=1S/C8H8/c1-2-4-8-6-5-7(8)3-1/h1,3-4,8H,5-6H2. The Labute approximate surface area is 49.2 Å². The second kappa shape index (κ2) is 1.37. The maximum absolute atomic E-state index is 3.09.